The predicted molar refractivity (Wildman–Crippen MR) is 87.7 cm³/mol. The molecule has 0 aliphatic carbocycles. The molecule has 0 unspecified atom stereocenters. The van der Waals surface area contributed by atoms with Crippen molar-refractivity contribution in [2.45, 2.75) is 9.79 Å². The first-order valence-corrected chi connectivity index (χ1v) is 9.43. The Morgan fingerprint density at radius 2 is 1.48 bits per heavy atom. The van der Waals surface area contributed by atoms with Gasteiger partial charge in [-0.15, -0.1) is 5.26 Å². The van der Waals surface area contributed by atoms with E-state index in [0.717, 1.165) is 0 Å². The average Bonchev–Trinajstić information content (AvgIpc) is 2.51. The molecule has 0 saturated heterocycles. The van der Waals surface area contributed by atoms with Gasteiger partial charge < -0.3 is 4.74 Å². The van der Waals surface area contributed by atoms with Gasteiger partial charge in [0, 0.05) is 0 Å². The first-order chi connectivity index (χ1) is 11.6. The van der Waals surface area contributed by atoms with Crippen LogP contribution in [0.15, 0.2) is 52.3 Å². The minimum atomic E-state index is -4.72. The van der Waals surface area contributed by atoms with Crippen molar-refractivity contribution in [2.24, 2.45) is 0 Å². The zero-order valence-corrected chi connectivity index (χ0v) is 14.0. The maximum Gasteiger partial charge on any atom is 0.298 e. The highest BCUT2D eigenvalue weighted by atomic mass is 32.2. The predicted octanol–water partition coefficient (Wildman–Crippen LogP) is 2.21. The van der Waals surface area contributed by atoms with Gasteiger partial charge in [0.2, 0.25) is 0 Å². The largest absolute Gasteiger partial charge is 0.387 e. The number of hydrogen-bond acceptors (Lipinski definition) is 6. The van der Waals surface area contributed by atoms with Crippen molar-refractivity contribution in [3.8, 4) is 12.0 Å². The third-order valence-corrected chi connectivity index (χ3v) is 4.94. The van der Waals surface area contributed by atoms with Crippen LogP contribution in [0.25, 0.3) is 12.2 Å². The third kappa shape index (κ3) is 4.43. The Morgan fingerprint density at radius 3 is 2.08 bits per heavy atom. The van der Waals surface area contributed by atoms with E-state index in [1.165, 1.54) is 60.9 Å². The molecule has 25 heavy (non-hydrogen) atoms. The van der Waals surface area contributed by atoms with Gasteiger partial charge in [-0.2, -0.15) is 16.8 Å². The number of nitrogens with zero attached hydrogens (tertiary/aromatic N) is 1. The summed E-state index contributed by atoms with van der Waals surface area (Å²) in [5, 5.41) is 8.57. The van der Waals surface area contributed by atoms with Crippen molar-refractivity contribution >= 4 is 32.4 Å². The van der Waals surface area contributed by atoms with Crippen LogP contribution < -0.4 is 4.74 Å². The Labute approximate surface area is 144 Å². The third-order valence-electron chi connectivity index (χ3n) is 3.06. The minimum Gasteiger partial charge on any atom is -0.387 e. The molecule has 2 aromatic rings. The van der Waals surface area contributed by atoms with E-state index in [4.69, 9.17) is 5.26 Å². The molecule has 0 amide bonds. The van der Waals surface area contributed by atoms with Crippen LogP contribution in [0, 0.1) is 11.5 Å². The van der Waals surface area contributed by atoms with Crippen LogP contribution in [0.3, 0.4) is 0 Å². The van der Waals surface area contributed by atoms with Crippen molar-refractivity contribution in [3.05, 3.63) is 53.6 Å². The van der Waals surface area contributed by atoms with E-state index in [-0.39, 0.29) is 21.8 Å². The van der Waals surface area contributed by atoms with Crippen LogP contribution >= 0.6 is 0 Å². The highest BCUT2D eigenvalue weighted by Crippen LogP contribution is 2.29. The molecular formula is C15H11NO7S2. The van der Waals surface area contributed by atoms with Crippen LogP contribution in [-0.2, 0) is 20.2 Å². The van der Waals surface area contributed by atoms with Crippen LogP contribution in [0.5, 0.6) is 5.75 Å². The van der Waals surface area contributed by atoms with Gasteiger partial charge in [0.25, 0.3) is 26.5 Å². The summed E-state index contributed by atoms with van der Waals surface area (Å²) in [6.07, 6.45) is 3.76. The van der Waals surface area contributed by atoms with E-state index < -0.39 is 25.1 Å². The molecule has 0 heterocycles. The number of benzene rings is 2. The standard InChI is InChI=1S/C15H11NO7S2/c16-10-23-13-6-3-5-12(15(13)25(20,21)22)9-8-11-4-1-2-7-14(11)24(17,18)19/h1-9H,(H,17,18,19)(H,20,21,22)/b9-8+. The second-order valence-corrected chi connectivity index (χ2v) is 7.44. The summed E-state index contributed by atoms with van der Waals surface area (Å²) < 4.78 is 69.0. The van der Waals surface area contributed by atoms with E-state index in [0.29, 0.717) is 0 Å². The monoisotopic (exact) mass is 381 g/mol. The van der Waals surface area contributed by atoms with Crippen LogP contribution in [0.1, 0.15) is 11.1 Å². The average molecular weight is 381 g/mol. The molecule has 2 rings (SSSR count). The summed E-state index contributed by atoms with van der Waals surface area (Å²) in [5.74, 6) is -0.379. The number of ether oxygens (including phenoxy) is 1. The first kappa shape index (κ1) is 18.6. The molecule has 8 nitrogen and oxygen atoms in total. The normalized spacial score (nSPS) is 12.0. The highest BCUT2D eigenvalue weighted by Gasteiger charge is 2.21. The van der Waals surface area contributed by atoms with Gasteiger partial charge in [0.15, 0.2) is 5.75 Å². The Balaban J connectivity index is 2.62. The fourth-order valence-electron chi connectivity index (χ4n) is 2.10. The summed E-state index contributed by atoms with van der Waals surface area (Å²) in [7, 11) is -9.20. The summed E-state index contributed by atoms with van der Waals surface area (Å²) in [4.78, 5) is -1.01. The molecule has 0 saturated carbocycles. The van der Waals surface area contributed by atoms with Crippen molar-refractivity contribution < 1.29 is 30.7 Å². The number of rotatable bonds is 5. The first-order valence-electron chi connectivity index (χ1n) is 6.55. The van der Waals surface area contributed by atoms with Gasteiger partial charge in [0.05, 0.1) is 0 Å². The minimum absolute atomic E-state index is 0.0413. The van der Waals surface area contributed by atoms with Gasteiger partial charge in [-0.3, -0.25) is 9.11 Å². The van der Waals surface area contributed by atoms with Gasteiger partial charge in [0.1, 0.15) is 9.79 Å². The van der Waals surface area contributed by atoms with Crippen molar-refractivity contribution in [1.82, 2.24) is 0 Å². The van der Waals surface area contributed by atoms with Crippen LogP contribution in [0.4, 0.5) is 0 Å². The molecule has 0 fully saturated rings. The van der Waals surface area contributed by atoms with Crippen LogP contribution in [0.2, 0.25) is 0 Å². The molecule has 0 aromatic heterocycles. The summed E-state index contributed by atoms with van der Waals surface area (Å²) >= 11 is 0. The SMILES string of the molecule is N#COc1cccc(/C=C/c2ccccc2S(=O)(=O)O)c1S(=O)(=O)O. The molecule has 0 atom stereocenters. The maximum atomic E-state index is 11.6. The van der Waals surface area contributed by atoms with Crippen LogP contribution in [-0.4, -0.2) is 25.9 Å². The lowest BCUT2D eigenvalue weighted by molar-refractivity contribution is 0.461. The molecule has 0 radical (unpaired) electrons. The second kappa shape index (κ2) is 7.04. The lowest BCUT2D eigenvalue weighted by Gasteiger charge is -2.07. The Kier molecular flexibility index (Phi) is 5.24. The molecular weight excluding hydrogens is 370 g/mol. The number of hydrogen-bond donors (Lipinski definition) is 2. The maximum absolute atomic E-state index is 11.6. The molecule has 130 valence electrons. The molecule has 10 heteroatoms. The van der Waals surface area contributed by atoms with E-state index in [1.54, 1.807) is 0 Å². The van der Waals surface area contributed by atoms with Crippen molar-refractivity contribution in [3.63, 3.8) is 0 Å². The number of nitriles is 1. The molecule has 2 N–H and O–H groups in total. The van der Waals surface area contributed by atoms with Gasteiger partial charge in [-0.05, 0) is 23.3 Å². The Morgan fingerprint density at radius 1 is 0.880 bits per heavy atom. The van der Waals surface area contributed by atoms with Gasteiger partial charge >= 0.3 is 0 Å². The lowest BCUT2D eigenvalue weighted by atomic mass is 10.1. The smallest absolute Gasteiger partial charge is 0.298 e. The van der Waals surface area contributed by atoms with E-state index in [9.17, 15) is 25.9 Å². The fourth-order valence-corrected chi connectivity index (χ4v) is 3.58. The molecule has 2 aromatic carbocycles. The molecule has 0 bridgehead atoms. The van der Waals surface area contributed by atoms with E-state index in [1.807, 2.05) is 0 Å². The summed E-state index contributed by atoms with van der Waals surface area (Å²) in [6, 6.07) is 9.38. The van der Waals surface area contributed by atoms with E-state index in [2.05, 4.69) is 4.74 Å². The molecule has 0 spiro atoms. The van der Waals surface area contributed by atoms with Crippen molar-refractivity contribution in [2.75, 3.05) is 0 Å². The highest BCUT2D eigenvalue weighted by molar-refractivity contribution is 7.86. The Hall–Kier alpha value is -2.71. The quantitative estimate of drug-likeness (QED) is 0.456. The molecule has 0 aliphatic rings. The van der Waals surface area contributed by atoms with Gasteiger partial charge in [-0.25, -0.2) is 0 Å². The summed E-state index contributed by atoms with van der Waals surface area (Å²) in [5.41, 5.74) is 0.0540. The molecule has 0 aliphatic heterocycles. The fraction of sp³-hybridized carbons (Fsp3) is 0. The lowest BCUT2D eigenvalue weighted by Crippen LogP contribution is -2.04. The summed E-state index contributed by atoms with van der Waals surface area (Å²) in [6.45, 7) is 0. The zero-order valence-electron chi connectivity index (χ0n) is 12.4. The van der Waals surface area contributed by atoms with E-state index >= 15 is 0 Å². The second-order valence-electron chi connectivity index (χ2n) is 4.69. The topological polar surface area (TPSA) is 142 Å². The Bertz CT molecular complexity index is 1080. The zero-order chi connectivity index (χ0) is 18.7. The van der Waals surface area contributed by atoms with Gasteiger partial charge in [-0.1, -0.05) is 42.5 Å². The van der Waals surface area contributed by atoms with Crippen molar-refractivity contribution in [1.29, 1.82) is 5.26 Å².